The van der Waals surface area contributed by atoms with Crippen molar-refractivity contribution in [3.63, 3.8) is 0 Å². The lowest BCUT2D eigenvalue weighted by atomic mass is 10.3. The molecule has 9 heteroatoms. The number of hydrogen-bond donors (Lipinski definition) is 2. The summed E-state index contributed by atoms with van der Waals surface area (Å²) in [5, 5.41) is 9.88. The Kier molecular flexibility index (Phi) is 4.67. The zero-order chi connectivity index (χ0) is 15.6. The molecule has 2 rings (SSSR count). The molecule has 0 aliphatic carbocycles. The average molecular weight is 351 g/mol. The van der Waals surface area contributed by atoms with Gasteiger partial charge in [0.2, 0.25) is 10.0 Å². The van der Waals surface area contributed by atoms with E-state index >= 15 is 0 Å². The first kappa shape index (κ1) is 16.0. The standard InChI is InChI=1S/C12H9Cl2FN2O3S/c13-7-1-2-9(15)12(4-7)21(19,20)17-6-10-11(18)3-8(14)5-16-10/h1-5,17-18H,6H2. The molecule has 0 radical (unpaired) electrons. The molecule has 0 amide bonds. The lowest BCUT2D eigenvalue weighted by Crippen LogP contribution is -2.24. The van der Waals surface area contributed by atoms with Gasteiger partial charge in [0, 0.05) is 17.3 Å². The summed E-state index contributed by atoms with van der Waals surface area (Å²) in [6.07, 6.45) is 1.25. The van der Waals surface area contributed by atoms with Crippen molar-refractivity contribution in [2.75, 3.05) is 0 Å². The van der Waals surface area contributed by atoms with Crippen LogP contribution >= 0.6 is 23.2 Å². The average Bonchev–Trinajstić information content (AvgIpc) is 2.40. The Morgan fingerprint density at radius 2 is 1.95 bits per heavy atom. The molecule has 0 bridgehead atoms. The van der Waals surface area contributed by atoms with Crippen molar-refractivity contribution in [2.45, 2.75) is 11.4 Å². The van der Waals surface area contributed by atoms with Crippen LogP contribution in [0.4, 0.5) is 4.39 Å². The molecule has 0 atom stereocenters. The summed E-state index contributed by atoms with van der Waals surface area (Å²) in [6.45, 7) is -0.322. The van der Waals surface area contributed by atoms with Gasteiger partial charge in [-0.15, -0.1) is 0 Å². The molecule has 0 spiro atoms. The van der Waals surface area contributed by atoms with Crippen LogP contribution in [0, 0.1) is 5.82 Å². The summed E-state index contributed by atoms with van der Waals surface area (Å²) < 4.78 is 39.7. The van der Waals surface area contributed by atoms with Gasteiger partial charge in [-0.25, -0.2) is 17.5 Å². The van der Waals surface area contributed by atoms with Crippen LogP contribution in [0.15, 0.2) is 35.4 Å². The van der Waals surface area contributed by atoms with Crippen molar-refractivity contribution >= 4 is 33.2 Å². The van der Waals surface area contributed by atoms with Crippen molar-refractivity contribution in [2.24, 2.45) is 0 Å². The minimum Gasteiger partial charge on any atom is -0.506 e. The molecule has 21 heavy (non-hydrogen) atoms. The van der Waals surface area contributed by atoms with Gasteiger partial charge in [0.25, 0.3) is 0 Å². The molecule has 1 aromatic heterocycles. The number of rotatable bonds is 4. The van der Waals surface area contributed by atoms with Crippen molar-refractivity contribution < 1.29 is 17.9 Å². The number of nitrogens with zero attached hydrogens (tertiary/aromatic N) is 1. The van der Waals surface area contributed by atoms with Crippen LogP contribution in [0.25, 0.3) is 0 Å². The van der Waals surface area contributed by atoms with Crippen molar-refractivity contribution in [1.29, 1.82) is 0 Å². The van der Waals surface area contributed by atoms with Gasteiger partial charge in [0.05, 0.1) is 17.3 Å². The van der Waals surface area contributed by atoms with Gasteiger partial charge in [0.15, 0.2) is 0 Å². The molecule has 0 aliphatic rings. The number of aromatic nitrogens is 1. The lowest BCUT2D eigenvalue weighted by molar-refractivity contribution is 0.462. The predicted octanol–water partition coefficient (Wildman–Crippen LogP) is 2.71. The number of halogens is 3. The third-order valence-corrected chi connectivity index (χ3v) is 4.38. The normalized spacial score (nSPS) is 11.6. The molecular weight excluding hydrogens is 342 g/mol. The van der Waals surface area contributed by atoms with Gasteiger partial charge in [-0.2, -0.15) is 0 Å². The predicted molar refractivity (Wildman–Crippen MR) is 76.3 cm³/mol. The van der Waals surface area contributed by atoms with Crippen LogP contribution < -0.4 is 4.72 Å². The van der Waals surface area contributed by atoms with Crippen LogP contribution in [-0.4, -0.2) is 18.5 Å². The zero-order valence-electron chi connectivity index (χ0n) is 10.3. The van der Waals surface area contributed by atoms with E-state index in [0.29, 0.717) is 0 Å². The van der Waals surface area contributed by atoms with Gasteiger partial charge in [0.1, 0.15) is 16.5 Å². The zero-order valence-corrected chi connectivity index (χ0v) is 12.7. The maximum absolute atomic E-state index is 13.6. The van der Waals surface area contributed by atoms with E-state index < -0.39 is 20.7 Å². The largest absolute Gasteiger partial charge is 0.506 e. The van der Waals surface area contributed by atoms with E-state index in [1.165, 1.54) is 18.3 Å². The molecule has 0 unspecified atom stereocenters. The summed E-state index contributed by atoms with van der Waals surface area (Å²) in [6, 6.07) is 4.41. The highest BCUT2D eigenvalue weighted by molar-refractivity contribution is 7.89. The first-order valence-corrected chi connectivity index (χ1v) is 7.81. The van der Waals surface area contributed by atoms with E-state index in [0.717, 1.165) is 12.1 Å². The monoisotopic (exact) mass is 350 g/mol. The van der Waals surface area contributed by atoms with Crippen LogP contribution in [0.2, 0.25) is 10.0 Å². The van der Waals surface area contributed by atoms with E-state index in [9.17, 15) is 17.9 Å². The van der Waals surface area contributed by atoms with Gasteiger partial charge in [-0.3, -0.25) is 4.98 Å². The Hall–Kier alpha value is -1.41. The second-order valence-electron chi connectivity index (χ2n) is 4.02. The van der Waals surface area contributed by atoms with Gasteiger partial charge in [-0.05, 0) is 18.2 Å². The molecule has 0 saturated heterocycles. The number of pyridine rings is 1. The first-order valence-electron chi connectivity index (χ1n) is 5.58. The highest BCUT2D eigenvalue weighted by Gasteiger charge is 2.20. The minimum atomic E-state index is -4.13. The second kappa shape index (κ2) is 6.15. The van der Waals surface area contributed by atoms with Crippen LogP contribution in [0.3, 0.4) is 0 Å². The molecule has 2 aromatic rings. The minimum absolute atomic E-state index is 0.0606. The molecule has 1 heterocycles. The van der Waals surface area contributed by atoms with Crippen molar-refractivity contribution in [1.82, 2.24) is 9.71 Å². The van der Waals surface area contributed by atoms with E-state index in [4.69, 9.17) is 23.2 Å². The maximum atomic E-state index is 13.6. The van der Waals surface area contributed by atoms with E-state index in [2.05, 4.69) is 9.71 Å². The number of aromatic hydroxyl groups is 1. The number of hydrogen-bond acceptors (Lipinski definition) is 4. The number of nitrogens with one attached hydrogen (secondary N) is 1. The third-order valence-electron chi connectivity index (χ3n) is 2.53. The Labute approximate surface area is 130 Å². The van der Waals surface area contributed by atoms with Crippen LogP contribution in [0.5, 0.6) is 5.75 Å². The number of sulfonamides is 1. The summed E-state index contributed by atoms with van der Waals surface area (Å²) >= 11 is 11.3. The molecular formula is C12H9Cl2FN2O3S. The summed E-state index contributed by atoms with van der Waals surface area (Å²) in [7, 11) is -4.13. The first-order chi connectivity index (χ1) is 9.79. The highest BCUT2D eigenvalue weighted by Crippen LogP contribution is 2.22. The van der Waals surface area contributed by atoms with Gasteiger partial charge < -0.3 is 5.11 Å². The molecule has 2 N–H and O–H groups in total. The fourth-order valence-corrected chi connectivity index (χ4v) is 3.00. The lowest BCUT2D eigenvalue weighted by Gasteiger charge is -2.09. The molecule has 0 fully saturated rings. The molecule has 5 nitrogen and oxygen atoms in total. The number of benzene rings is 1. The smallest absolute Gasteiger partial charge is 0.243 e. The van der Waals surface area contributed by atoms with E-state index in [1.807, 2.05) is 0 Å². The van der Waals surface area contributed by atoms with E-state index in [1.54, 1.807) is 0 Å². The Bertz CT molecular complexity index is 784. The Balaban J connectivity index is 2.24. The maximum Gasteiger partial charge on any atom is 0.243 e. The molecule has 0 saturated carbocycles. The molecule has 1 aromatic carbocycles. The quantitative estimate of drug-likeness (QED) is 0.888. The fourth-order valence-electron chi connectivity index (χ4n) is 1.52. The van der Waals surface area contributed by atoms with Crippen molar-refractivity contribution in [3.8, 4) is 5.75 Å². The van der Waals surface area contributed by atoms with Gasteiger partial charge in [-0.1, -0.05) is 23.2 Å². The summed E-state index contributed by atoms with van der Waals surface area (Å²) in [5.41, 5.74) is 0.0606. The fraction of sp³-hybridized carbons (Fsp3) is 0.0833. The van der Waals surface area contributed by atoms with Crippen LogP contribution in [-0.2, 0) is 16.6 Å². The Morgan fingerprint density at radius 1 is 1.24 bits per heavy atom. The highest BCUT2D eigenvalue weighted by atomic mass is 35.5. The topological polar surface area (TPSA) is 79.3 Å². The Morgan fingerprint density at radius 3 is 2.62 bits per heavy atom. The summed E-state index contributed by atoms with van der Waals surface area (Å²) in [4.78, 5) is 3.21. The van der Waals surface area contributed by atoms with Crippen LogP contribution in [0.1, 0.15) is 5.69 Å². The third kappa shape index (κ3) is 3.82. The van der Waals surface area contributed by atoms with Crippen molar-refractivity contribution in [3.05, 3.63) is 52.0 Å². The second-order valence-corrected chi connectivity index (χ2v) is 6.63. The summed E-state index contributed by atoms with van der Waals surface area (Å²) in [5.74, 6) is -1.20. The SMILES string of the molecule is O=S(=O)(NCc1ncc(Cl)cc1O)c1cc(Cl)ccc1F. The molecule has 112 valence electrons. The molecule has 0 aliphatic heterocycles. The van der Waals surface area contributed by atoms with Gasteiger partial charge >= 0.3 is 0 Å². The van der Waals surface area contributed by atoms with E-state index in [-0.39, 0.29) is 28.0 Å².